The Morgan fingerprint density at radius 2 is 1.80 bits per heavy atom. The van der Waals surface area contributed by atoms with Crippen molar-refractivity contribution in [2.24, 2.45) is 5.92 Å². The molecule has 0 radical (unpaired) electrons. The highest BCUT2D eigenvalue weighted by molar-refractivity contribution is 7.92. The second-order valence-corrected chi connectivity index (χ2v) is 9.44. The highest BCUT2D eigenvalue weighted by Crippen LogP contribution is 2.35. The van der Waals surface area contributed by atoms with Crippen LogP contribution in [0.2, 0.25) is 5.02 Å². The molecular weight excluding hydrogens is 366 g/mol. The van der Waals surface area contributed by atoms with E-state index in [9.17, 15) is 23.1 Å². The molecule has 6 nitrogen and oxygen atoms in total. The molecule has 1 aromatic carbocycles. The Hall–Kier alpha value is -1.60. The van der Waals surface area contributed by atoms with Crippen molar-refractivity contribution < 1.29 is 23.1 Å². The van der Waals surface area contributed by atoms with E-state index >= 15 is 0 Å². The fourth-order valence-corrected chi connectivity index (χ4v) is 5.72. The molecule has 25 heavy (non-hydrogen) atoms. The average molecular weight is 386 g/mol. The molecule has 2 saturated heterocycles. The van der Waals surface area contributed by atoms with Crippen molar-refractivity contribution in [2.75, 3.05) is 18.8 Å². The van der Waals surface area contributed by atoms with E-state index in [0.29, 0.717) is 24.3 Å². The van der Waals surface area contributed by atoms with Crippen LogP contribution in [0.5, 0.6) is 0 Å². The molecular formula is C17H20ClNO5S. The van der Waals surface area contributed by atoms with Crippen LogP contribution in [0.1, 0.15) is 30.7 Å². The van der Waals surface area contributed by atoms with E-state index in [1.807, 2.05) is 0 Å². The van der Waals surface area contributed by atoms with Crippen LogP contribution in [0.25, 0.3) is 0 Å². The van der Waals surface area contributed by atoms with E-state index in [1.54, 1.807) is 24.3 Å². The molecule has 1 amide bonds. The predicted octanol–water partition coefficient (Wildman–Crippen LogP) is 1.93. The third-order valence-electron chi connectivity index (χ3n) is 5.10. The molecule has 0 spiro atoms. The van der Waals surface area contributed by atoms with Crippen LogP contribution in [-0.4, -0.2) is 54.4 Å². The van der Waals surface area contributed by atoms with Gasteiger partial charge in [0.05, 0.1) is 11.7 Å². The van der Waals surface area contributed by atoms with Gasteiger partial charge in [-0.05, 0) is 30.5 Å². The Morgan fingerprint density at radius 1 is 1.12 bits per heavy atom. The number of carboxylic acids is 1. The highest BCUT2D eigenvalue weighted by Gasteiger charge is 2.45. The monoisotopic (exact) mass is 385 g/mol. The van der Waals surface area contributed by atoms with Gasteiger partial charge in [-0.25, -0.2) is 8.42 Å². The standard InChI is InChI=1S/C17H20ClNO5S/c18-12-6-4-11(5-7-12)13-9-19(10-14(13)17(21)22)16(20)15-3-1-2-8-25(15,23)24/h4-7,13-15H,1-3,8-10H2,(H,21,22)/t13-,14+,15?/m0/s1. The van der Waals surface area contributed by atoms with Gasteiger partial charge in [-0.2, -0.15) is 0 Å². The summed E-state index contributed by atoms with van der Waals surface area (Å²) < 4.78 is 24.4. The molecule has 0 aliphatic carbocycles. The van der Waals surface area contributed by atoms with Gasteiger partial charge < -0.3 is 10.0 Å². The molecule has 0 saturated carbocycles. The lowest BCUT2D eigenvalue weighted by Gasteiger charge is -2.26. The van der Waals surface area contributed by atoms with Crippen LogP contribution in [0.4, 0.5) is 0 Å². The average Bonchev–Trinajstić information content (AvgIpc) is 3.00. The number of carboxylic acid groups (broad SMARTS) is 1. The lowest BCUT2D eigenvalue weighted by Crippen LogP contribution is -2.44. The van der Waals surface area contributed by atoms with E-state index in [4.69, 9.17) is 11.6 Å². The molecule has 1 unspecified atom stereocenters. The van der Waals surface area contributed by atoms with Crippen LogP contribution >= 0.6 is 11.6 Å². The topological polar surface area (TPSA) is 91.8 Å². The van der Waals surface area contributed by atoms with Crippen molar-refractivity contribution in [2.45, 2.75) is 30.4 Å². The summed E-state index contributed by atoms with van der Waals surface area (Å²) in [5.74, 6) is -2.54. The van der Waals surface area contributed by atoms with E-state index in [1.165, 1.54) is 4.90 Å². The summed E-state index contributed by atoms with van der Waals surface area (Å²) in [6.07, 6.45) is 1.60. The quantitative estimate of drug-likeness (QED) is 0.858. The third-order valence-corrected chi connectivity index (χ3v) is 7.52. The van der Waals surface area contributed by atoms with Gasteiger partial charge in [0.1, 0.15) is 5.25 Å². The number of rotatable bonds is 3. The number of hydrogen-bond acceptors (Lipinski definition) is 4. The first-order valence-electron chi connectivity index (χ1n) is 8.28. The maximum atomic E-state index is 12.7. The minimum Gasteiger partial charge on any atom is -0.481 e. The van der Waals surface area contributed by atoms with Crippen molar-refractivity contribution in [1.82, 2.24) is 4.90 Å². The maximum Gasteiger partial charge on any atom is 0.308 e. The predicted molar refractivity (Wildman–Crippen MR) is 93.3 cm³/mol. The summed E-state index contributed by atoms with van der Waals surface area (Å²) in [4.78, 5) is 25.8. The van der Waals surface area contributed by atoms with E-state index in [0.717, 1.165) is 5.56 Å². The second kappa shape index (κ2) is 6.96. The Bertz CT molecular complexity index is 777. The summed E-state index contributed by atoms with van der Waals surface area (Å²) in [5, 5.41) is 9.05. The molecule has 136 valence electrons. The lowest BCUT2D eigenvalue weighted by molar-refractivity contribution is -0.141. The zero-order valence-electron chi connectivity index (χ0n) is 13.6. The number of carbonyl (C=O) groups excluding carboxylic acids is 1. The number of amides is 1. The Kier molecular flexibility index (Phi) is 5.06. The fraction of sp³-hybridized carbons (Fsp3) is 0.529. The minimum atomic E-state index is -3.44. The summed E-state index contributed by atoms with van der Waals surface area (Å²) in [6.45, 7) is 0.247. The van der Waals surface area contributed by atoms with Gasteiger partial charge in [-0.1, -0.05) is 30.2 Å². The molecule has 0 aromatic heterocycles. The SMILES string of the molecule is O=C(O)[C@@H]1CN(C(=O)C2CCCCS2(=O)=O)C[C@H]1c1ccc(Cl)cc1. The van der Waals surface area contributed by atoms with Gasteiger partial charge in [0.15, 0.2) is 9.84 Å². The molecule has 8 heteroatoms. The minimum absolute atomic E-state index is 0.0280. The molecule has 0 bridgehead atoms. The first-order chi connectivity index (χ1) is 11.8. The van der Waals surface area contributed by atoms with Crippen LogP contribution < -0.4 is 0 Å². The number of halogens is 1. The molecule has 3 rings (SSSR count). The van der Waals surface area contributed by atoms with Gasteiger partial charge in [-0.15, -0.1) is 0 Å². The first-order valence-corrected chi connectivity index (χ1v) is 10.4. The highest BCUT2D eigenvalue weighted by atomic mass is 35.5. The molecule has 1 aromatic rings. The molecule has 3 atom stereocenters. The van der Waals surface area contributed by atoms with E-state index < -0.39 is 32.9 Å². The first kappa shape index (κ1) is 18.2. The molecule has 2 heterocycles. The molecule has 1 N–H and O–H groups in total. The Balaban J connectivity index is 1.83. The van der Waals surface area contributed by atoms with E-state index in [-0.39, 0.29) is 24.8 Å². The molecule has 2 aliphatic heterocycles. The fourth-order valence-electron chi connectivity index (χ4n) is 3.72. The Labute approximate surface area is 151 Å². The van der Waals surface area contributed by atoms with Crippen molar-refractivity contribution in [3.05, 3.63) is 34.9 Å². The van der Waals surface area contributed by atoms with Crippen molar-refractivity contribution in [3.63, 3.8) is 0 Å². The summed E-state index contributed by atoms with van der Waals surface area (Å²) in [5.41, 5.74) is 0.790. The number of nitrogens with zero attached hydrogens (tertiary/aromatic N) is 1. The van der Waals surface area contributed by atoms with Crippen LogP contribution in [-0.2, 0) is 19.4 Å². The summed E-state index contributed by atoms with van der Waals surface area (Å²) >= 11 is 5.88. The van der Waals surface area contributed by atoms with E-state index in [2.05, 4.69) is 0 Å². The van der Waals surface area contributed by atoms with Gasteiger partial charge in [0, 0.05) is 24.0 Å². The number of sulfone groups is 1. The molecule has 2 fully saturated rings. The smallest absolute Gasteiger partial charge is 0.308 e. The lowest BCUT2D eigenvalue weighted by atomic mass is 9.89. The van der Waals surface area contributed by atoms with Gasteiger partial charge >= 0.3 is 5.97 Å². The summed E-state index contributed by atoms with van der Waals surface area (Å²) in [7, 11) is -3.44. The number of hydrogen-bond donors (Lipinski definition) is 1. The maximum absolute atomic E-state index is 12.7. The Morgan fingerprint density at radius 3 is 2.40 bits per heavy atom. The van der Waals surface area contributed by atoms with Crippen LogP contribution in [0.3, 0.4) is 0 Å². The van der Waals surface area contributed by atoms with Crippen molar-refractivity contribution >= 4 is 33.3 Å². The third kappa shape index (κ3) is 3.67. The van der Waals surface area contributed by atoms with Crippen molar-refractivity contribution in [1.29, 1.82) is 0 Å². The zero-order chi connectivity index (χ0) is 18.2. The summed E-state index contributed by atoms with van der Waals surface area (Å²) in [6, 6.07) is 6.89. The second-order valence-electron chi connectivity index (χ2n) is 6.70. The largest absolute Gasteiger partial charge is 0.481 e. The van der Waals surface area contributed by atoms with Crippen LogP contribution in [0.15, 0.2) is 24.3 Å². The number of carbonyl (C=O) groups is 2. The van der Waals surface area contributed by atoms with Crippen molar-refractivity contribution in [3.8, 4) is 0 Å². The number of aliphatic carboxylic acids is 1. The molecule has 2 aliphatic rings. The van der Waals surface area contributed by atoms with Gasteiger partial charge in [-0.3, -0.25) is 9.59 Å². The number of benzene rings is 1. The zero-order valence-corrected chi connectivity index (χ0v) is 15.2. The number of likely N-dealkylation sites (tertiary alicyclic amines) is 1. The normalized spacial score (nSPS) is 28.7. The van der Waals surface area contributed by atoms with Gasteiger partial charge in [0.25, 0.3) is 0 Å². The van der Waals surface area contributed by atoms with Gasteiger partial charge in [0.2, 0.25) is 5.91 Å². The van der Waals surface area contributed by atoms with Crippen LogP contribution in [0, 0.1) is 5.92 Å².